The first kappa shape index (κ1) is 25.7. The van der Waals surface area contributed by atoms with Gasteiger partial charge in [-0.05, 0) is 75.5 Å². The highest BCUT2D eigenvalue weighted by Gasteiger charge is 2.20. The van der Waals surface area contributed by atoms with Gasteiger partial charge in [0.25, 0.3) is 11.1 Å². The molecule has 5 aromatic carbocycles. The zero-order valence-corrected chi connectivity index (χ0v) is 23.4. The van der Waals surface area contributed by atoms with E-state index in [0.717, 1.165) is 37.4 Å². The van der Waals surface area contributed by atoms with Crippen LogP contribution in [0.5, 0.6) is 0 Å². The van der Waals surface area contributed by atoms with Gasteiger partial charge in [-0.1, -0.05) is 69.3 Å². The molecule has 2 heterocycles. The zero-order valence-electron chi connectivity index (χ0n) is 23.4. The summed E-state index contributed by atoms with van der Waals surface area (Å²) in [6.45, 7) is 6.58. The number of nitrogens with zero attached hydrogens (tertiary/aromatic N) is 1. The van der Waals surface area contributed by atoms with Gasteiger partial charge in [-0.2, -0.15) is 0 Å². The van der Waals surface area contributed by atoms with Crippen molar-refractivity contribution in [3.8, 4) is 16.8 Å². The Labute approximate surface area is 240 Å². The van der Waals surface area contributed by atoms with Gasteiger partial charge >= 0.3 is 5.97 Å². The number of aromatic nitrogens is 1. The van der Waals surface area contributed by atoms with Crippen molar-refractivity contribution in [1.29, 1.82) is 0 Å². The van der Waals surface area contributed by atoms with Crippen LogP contribution in [-0.4, -0.2) is 15.6 Å². The first-order chi connectivity index (χ1) is 20.1. The molecule has 6 heteroatoms. The van der Waals surface area contributed by atoms with Crippen molar-refractivity contribution in [2.75, 3.05) is 0 Å². The van der Waals surface area contributed by atoms with Crippen molar-refractivity contribution in [1.82, 2.24) is 4.57 Å². The van der Waals surface area contributed by atoms with E-state index in [9.17, 15) is 14.4 Å². The predicted octanol–water partition coefficient (Wildman–Crippen LogP) is 7.43. The lowest BCUT2D eigenvalue weighted by molar-refractivity contribution is -0.136. The Morgan fingerprint density at radius 3 is 1.93 bits per heavy atom. The third kappa shape index (κ3) is 3.98. The normalized spacial score (nSPS) is 12.2. The molecule has 206 valence electrons. The molecular weight excluding hydrogens is 526 g/mol. The molecule has 1 N–H and O–H groups in total. The lowest BCUT2D eigenvalue weighted by Crippen LogP contribution is -2.31. The number of carboxylic acids is 1. The molecular formula is C36H27NO5. The first-order valence-electron chi connectivity index (χ1n) is 13.8. The molecule has 0 amide bonds. The minimum Gasteiger partial charge on any atom is -0.481 e. The number of aliphatic carboxylic acids is 1. The fraction of sp³-hybridized carbons (Fsp3) is 0.139. The molecule has 0 spiro atoms. The Morgan fingerprint density at radius 2 is 1.29 bits per heavy atom. The summed E-state index contributed by atoms with van der Waals surface area (Å²) < 4.78 is 7.48. The van der Waals surface area contributed by atoms with E-state index in [1.807, 2.05) is 18.2 Å². The lowest BCUT2D eigenvalue weighted by Gasteiger charge is -2.19. The van der Waals surface area contributed by atoms with Gasteiger partial charge in [0.1, 0.15) is 11.2 Å². The van der Waals surface area contributed by atoms with E-state index in [4.69, 9.17) is 9.52 Å². The van der Waals surface area contributed by atoms with Crippen molar-refractivity contribution in [2.45, 2.75) is 32.6 Å². The fourth-order valence-electron chi connectivity index (χ4n) is 5.93. The van der Waals surface area contributed by atoms with Gasteiger partial charge in [-0.3, -0.25) is 14.4 Å². The van der Waals surface area contributed by atoms with E-state index in [1.165, 1.54) is 5.56 Å². The molecule has 0 aliphatic carbocycles. The maximum atomic E-state index is 13.8. The van der Waals surface area contributed by atoms with Gasteiger partial charge in [0.15, 0.2) is 0 Å². The molecule has 0 unspecified atom stereocenters. The maximum Gasteiger partial charge on any atom is 0.307 e. The quantitative estimate of drug-likeness (QED) is 0.181. The van der Waals surface area contributed by atoms with Gasteiger partial charge in [-0.25, -0.2) is 4.57 Å². The van der Waals surface area contributed by atoms with E-state index in [1.54, 1.807) is 42.5 Å². The average molecular weight is 554 g/mol. The molecule has 0 radical (unpaired) electrons. The SMILES string of the molecule is CC(C)(C)c1ccc(-c2ccc3oc4ccc5c(=O)n(-c6ccc(CC(=O)O)cc6)c(=O)c6ccc(c3c2)c4c56)cc1. The van der Waals surface area contributed by atoms with Crippen LogP contribution in [0.15, 0.2) is 105 Å². The number of benzene rings is 5. The van der Waals surface area contributed by atoms with Crippen LogP contribution in [0.4, 0.5) is 0 Å². The summed E-state index contributed by atoms with van der Waals surface area (Å²) in [6.07, 6.45) is -0.138. The molecule has 42 heavy (non-hydrogen) atoms. The van der Waals surface area contributed by atoms with Crippen molar-refractivity contribution >= 4 is 49.5 Å². The highest BCUT2D eigenvalue weighted by molar-refractivity contribution is 6.26. The third-order valence-electron chi connectivity index (χ3n) is 8.11. The van der Waals surface area contributed by atoms with Crippen LogP contribution in [0.3, 0.4) is 0 Å². The van der Waals surface area contributed by atoms with E-state index in [-0.39, 0.29) is 11.8 Å². The second-order valence-corrected chi connectivity index (χ2v) is 11.8. The topological polar surface area (TPSA) is 89.5 Å². The van der Waals surface area contributed by atoms with Gasteiger partial charge in [0.05, 0.1) is 12.1 Å². The molecule has 6 nitrogen and oxygen atoms in total. The molecule has 0 aliphatic rings. The summed E-state index contributed by atoms with van der Waals surface area (Å²) in [4.78, 5) is 38.6. The van der Waals surface area contributed by atoms with Crippen molar-refractivity contribution in [3.05, 3.63) is 123 Å². The Morgan fingerprint density at radius 1 is 0.690 bits per heavy atom. The van der Waals surface area contributed by atoms with Crippen LogP contribution in [-0.2, 0) is 16.6 Å². The fourth-order valence-corrected chi connectivity index (χ4v) is 5.93. The zero-order chi connectivity index (χ0) is 29.3. The van der Waals surface area contributed by atoms with Crippen LogP contribution >= 0.6 is 0 Å². The largest absolute Gasteiger partial charge is 0.481 e. The highest BCUT2D eigenvalue weighted by atomic mass is 16.4. The van der Waals surface area contributed by atoms with Crippen molar-refractivity contribution in [3.63, 3.8) is 0 Å². The van der Waals surface area contributed by atoms with Gasteiger partial charge in [0.2, 0.25) is 0 Å². The number of rotatable bonds is 4. The molecule has 2 aromatic heterocycles. The maximum absolute atomic E-state index is 13.8. The molecule has 0 aliphatic heterocycles. The predicted molar refractivity (Wildman–Crippen MR) is 167 cm³/mol. The van der Waals surface area contributed by atoms with Gasteiger partial charge in [0, 0.05) is 26.9 Å². The van der Waals surface area contributed by atoms with Gasteiger partial charge in [-0.15, -0.1) is 0 Å². The first-order valence-corrected chi connectivity index (χ1v) is 13.8. The summed E-state index contributed by atoms with van der Waals surface area (Å²) in [7, 11) is 0. The summed E-state index contributed by atoms with van der Waals surface area (Å²) in [5.41, 5.74) is 4.91. The van der Waals surface area contributed by atoms with E-state index < -0.39 is 17.1 Å². The number of hydrogen-bond donors (Lipinski definition) is 1. The monoisotopic (exact) mass is 553 g/mol. The van der Waals surface area contributed by atoms with Gasteiger partial charge < -0.3 is 9.52 Å². The third-order valence-corrected chi connectivity index (χ3v) is 8.11. The highest BCUT2D eigenvalue weighted by Crippen LogP contribution is 2.38. The molecule has 0 bridgehead atoms. The second-order valence-electron chi connectivity index (χ2n) is 11.8. The standard InChI is InChI=1S/C36H27NO5/c1-36(2,3)23-9-6-21(7-10-23)22-8-16-29-28(19-22)25-13-14-26-32-27(15-17-30(42-29)33(25)32)35(41)37(34(26)40)24-11-4-20(5-12-24)18-31(38)39/h4-17,19H,18H2,1-3H3,(H,38,39). The lowest BCUT2D eigenvalue weighted by atomic mass is 9.86. The van der Waals surface area contributed by atoms with Crippen LogP contribution in [0.2, 0.25) is 0 Å². The van der Waals surface area contributed by atoms with E-state index >= 15 is 0 Å². The Hall–Kier alpha value is -5.23. The summed E-state index contributed by atoms with van der Waals surface area (Å²) in [6, 6.07) is 28.4. The summed E-state index contributed by atoms with van der Waals surface area (Å²) in [5, 5.41) is 13.1. The minimum atomic E-state index is -0.948. The Bertz CT molecular complexity index is 2270. The minimum absolute atomic E-state index is 0.0657. The number of pyridine rings is 1. The Kier molecular flexibility index (Phi) is 5.60. The van der Waals surface area contributed by atoms with E-state index in [0.29, 0.717) is 33.0 Å². The molecule has 0 saturated carbocycles. The Balaban J connectivity index is 1.44. The number of hydrogen-bond acceptors (Lipinski definition) is 4. The van der Waals surface area contributed by atoms with Crippen LogP contribution < -0.4 is 11.1 Å². The van der Waals surface area contributed by atoms with Crippen molar-refractivity contribution in [2.24, 2.45) is 0 Å². The summed E-state index contributed by atoms with van der Waals surface area (Å²) >= 11 is 0. The van der Waals surface area contributed by atoms with Crippen molar-refractivity contribution < 1.29 is 14.3 Å². The number of carboxylic acid groups (broad SMARTS) is 1. The van der Waals surface area contributed by atoms with Crippen LogP contribution in [0.1, 0.15) is 31.9 Å². The molecule has 0 atom stereocenters. The average Bonchev–Trinajstić information content (AvgIpc) is 2.97. The smallest absolute Gasteiger partial charge is 0.307 e. The summed E-state index contributed by atoms with van der Waals surface area (Å²) in [5.74, 6) is -0.948. The number of fused-ring (bicyclic) bond motifs is 2. The van der Waals surface area contributed by atoms with Crippen LogP contribution in [0, 0.1) is 0 Å². The molecule has 7 aromatic rings. The number of carbonyl (C=O) groups is 1. The molecule has 0 fully saturated rings. The van der Waals surface area contributed by atoms with Crippen LogP contribution in [0.25, 0.3) is 60.3 Å². The molecule has 0 saturated heterocycles. The second kappa shape index (κ2) is 9.14. The van der Waals surface area contributed by atoms with E-state index in [2.05, 4.69) is 51.1 Å². The molecule has 7 rings (SSSR count).